The van der Waals surface area contributed by atoms with E-state index < -0.39 is 0 Å². The van der Waals surface area contributed by atoms with Crippen molar-refractivity contribution in [1.29, 1.82) is 0 Å². The van der Waals surface area contributed by atoms with Crippen LogP contribution in [0.1, 0.15) is 54.0 Å². The van der Waals surface area contributed by atoms with Crippen LogP contribution < -0.4 is 0 Å². The molecule has 0 aliphatic rings. The number of ketones is 1. The molecule has 3 heteroatoms. The molecule has 0 saturated heterocycles. The van der Waals surface area contributed by atoms with Crippen LogP contribution in [0, 0.1) is 19.3 Å². The molecule has 0 N–H and O–H groups in total. The van der Waals surface area contributed by atoms with Crippen molar-refractivity contribution < 1.29 is 4.79 Å². The number of carbonyl (C=O) groups excluding carboxylic acids is 1. The molecule has 0 unspecified atom stereocenters. The number of nitrogens with zero attached hydrogens (tertiary/aromatic N) is 1. The minimum absolute atomic E-state index is 0.225. The predicted molar refractivity (Wildman–Crippen MR) is 64.6 cm³/mol. The summed E-state index contributed by atoms with van der Waals surface area (Å²) >= 11 is 1.51. The van der Waals surface area contributed by atoms with Crippen molar-refractivity contribution in [3.8, 4) is 0 Å². The van der Waals surface area contributed by atoms with Crippen molar-refractivity contribution in [2.24, 2.45) is 5.41 Å². The van der Waals surface area contributed by atoms with Gasteiger partial charge in [-0.2, -0.15) is 0 Å². The molecule has 15 heavy (non-hydrogen) atoms. The van der Waals surface area contributed by atoms with Gasteiger partial charge in [-0.3, -0.25) is 4.79 Å². The largest absolute Gasteiger partial charge is 0.293 e. The first-order valence-electron chi connectivity index (χ1n) is 5.27. The molecule has 0 amide bonds. The predicted octanol–water partition coefficient (Wildman–Crippen LogP) is 3.77. The zero-order chi connectivity index (χ0) is 11.6. The Morgan fingerprint density at radius 2 is 1.93 bits per heavy atom. The van der Waals surface area contributed by atoms with Gasteiger partial charge in [-0.1, -0.05) is 20.8 Å². The molecule has 1 aromatic rings. The van der Waals surface area contributed by atoms with Gasteiger partial charge in [-0.05, 0) is 25.7 Å². The lowest BCUT2D eigenvalue weighted by molar-refractivity contribution is 0.0969. The summed E-state index contributed by atoms with van der Waals surface area (Å²) in [5.41, 5.74) is 1.11. The van der Waals surface area contributed by atoms with Crippen LogP contribution in [-0.4, -0.2) is 10.8 Å². The number of carbonyl (C=O) groups is 1. The fraction of sp³-hybridized carbons (Fsp3) is 0.667. The second-order valence-electron chi connectivity index (χ2n) is 5.13. The fourth-order valence-electron chi connectivity index (χ4n) is 1.39. The number of aryl methyl sites for hydroxylation is 2. The first-order chi connectivity index (χ1) is 6.79. The van der Waals surface area contributed by atoms with Crippen LogP contribution in [-0.2, 0) is 0 Å². The van der Waals surface area contributed by atoms with Gasteiger partial charge in [0.2, 0.25) is 0 Å². The third-order valence-electron chi connectivity index (χ3n) is 2.26. The van der Waals surface area contributed by atoms with E-state index in [4.69, 9.17) is 0 Å². The molecule has 0 aliphatic carbocycles. The topological polar surface area (TPSA) is 30.0 Å². The van der Waals surface area contributed by atoms with E-state index in [1.54, 1.807) is 0 Å². The Bertz CT molecular complexity index is 360. The maximum atomic E-state index is 11.9. The van der Waals surface area contributed by atoms with Crippen molar-refractivity contribution in [2.45, 2.75) is 47.5 Å². The highest BCUT2D eigenvalue weighted by Gasteiger charge is 2.17. The van der Waals surface area contributed by atoms with Crippen LogP contribution in [0.2, 0.25) is 0 Å². The highest BCUT2D eigenvalue weighted by Crippen LogP contribution is 2.25. The van der Waals surface area contributed by atoms with Crippen LogP contribution in [0.3, 0.4) is 0 Å². The Hall–Kier alpha value is -0.700. The van der Waals surface area contributed by atoms with Gasteiger partial charge in [0.1, 0.15) is 0 Å². The van der Waals surface area contributed by atoms with Crippen LogP contribution in [0.25, 0.3) is 0 Å². The van der Waals surface area contributed by atoms with Gasteiger partial charge in [-0.15, -0.1) is 11.3 Å². The van der Waals surface area contributed by atoms with Crippen LogP contribution >= 0.6 is 11.3 Å². The maximum absolute atomic E-state index is 11.9. The first kappa shape index (κ1) is 12.4. The molecule has 0 fully saturated rings. The average molecular weight is 225 g/mol. The minimum atomic E-state index is 0.225. The van der Waals surface area contributed by atoms with Crippen molar-refractivity contribution in [3.63, 3.8) is 0 Å². The summed E-state index contributed by atoms with van der Waals surface area (Å²) in [7, 11) is 0. The zero-order valence-corrected chi connectivity index (χ0v) is 11.0. The van der Waals surface area contributed by atoms with Crippen LogP contribution in [0.15, 0.2) is 0 Å². The molecular formula is C12H19NOS. The van der Waals surface area contributed by atoms with Crippen LogP contribution in [0.4, 0.5) is 0 Å². The van der Waals surface area contributed by atoms with Crippen molar-refractivity contribution in [1.82, 2.24) is 4.98 Å². The smallest absolute Gasteiger partial charge is 0.174 e. The second kappa shape index (κ2) is 4.44. The number of hydrogen-bond acceptors (Lipinski definition) is 3. The highest BCUT2D eigenvalue weighted by atomic mass is 32.1. The Morgan fingerprint density at radius 1 is 1.33 bits per heavy atom. The van der Waals surface area contributed by atoms with E-state index in [1.807, 2.05) is 13.8 Å². The van der Waals surface area contributed by atoms with Gasteiger partial charge in [0.15, 0.2) is 5.78 Å². The number of thiazole rings is 1. The number of Topliss-reactive ketones (excluding diaryl/α,β-unsaturated/α-hetero) is 1. The maximum Gasteiger partial charge on any atom is 0.174 e. The van der Waals surface area contributed by atoms with Crippen molar-refractivity contribution in [3.05, 3.63) is 15.6 Å². The molecule has 0 radical (unpaired) electrons. The van der Waals surface area contributed by atoms with Gasteiger partial charge in [-0.25, -0.2) is 4.98 Å². The Kier molecular flexibility index (Phi) is 3.66. The molecule has 0 atom stereocenters. The van der Waals surface area contributed by atoms with E-state index in [0.717, 1.165) is 22.0 Å². The molecule has 1 aromatic heterocycles. The molecule has 1 rings (SSSR count). The lowest BCUT2D eigenvalue weighted by Crippen LogP contribution is -2.09. The molecule has 2 nitrogen and oxygen atoms in total. The number of rotatable bonds is 3. The molecule has 1 heterocycles. The third kappa shape index (κ3) is 3.74. The van der Waals surface area contributed by atoms with E-state index >= 15 is 0 Å². The second-order valence-corrected chi connectivity index (χ2v) is 6.33. The Balaban J connectivity index is 2.66. The van der Waals surface area contributed by atoms with Gasteiger partial charge < -0.3 is 0 Å². The molecule has 0 bridgehead atoms. The molecule has 0 aromatic carbocycles. The fourth-order valence-corrected chi connectivity index (χ4v) is 2.28. The summed E-state index contributed by atoms with van der Waals surface area (Å²) in [6.07, 6.45) is 1.56. The Labute approximate surface area is 95.7 Å². The Morgan fingerprint density at radius 3 is 2.33 bits per heavy atom. The van der Waals surface area contributed by atoms with Gasteiger partial charge in [0.25, 0.3) is 0 Å². The van der Waals surface area contributed by atoms with E-state index in [-0.39, 0.29) is 11.2 Å². The summed E-state index contributed by atoms with van der Waals surface area (Å²) in [4.78, 5) is 17.0. The lowest BCUT2D eigenvalue weighted by atomic mass is 9.89. The molecule has 0 aliphatic heterocycles. The SMILES string of the molecule is Cc1nc(C)c(C(=O)CCC(C)(C)C)s1. The normalized spacial score (nSPS) is 11.8. The molecular weight excluding hydrogens is 206 g/mol. The minimum Gasteiger partial charge on any atom is -0.293 e. The molecule has 84 valence electrons. The molecule has 0 spiro atoms. The highest BCUT2D eigenvalue weighted by molar-refractivity contribution is 7.13. The van der Waals surface area contributed by atoms with E-state index in [1.165, 1.54) is 11.3 Å². The number of hydrogen-bond donors (Lipinski definition) is 0. The quantitative estimate of drug-likeness (QED) is 0.733. The van der Waals surface area contributed by atoms with Gasteiger partial charge in [0.05, 0.1) is 15.6 Å². The van der Waals surface area contributed by atoms with Gasteiger partial charge in [0, 0.05) is 6.42 Å². The third-order valence-corrected chi connectivity index (χ3v) is 3.37. The summed E-state index contributed by atoms with van der Waals surface area (Å²) in [5.74, 6) is 0.244. The van der Waals surface area contributed by atoms with E-state index in [0.29, 0.717) is 6.42 Å². The molecule has 0 saturated carbocycles. The number of aromatic nitrogens is 1. The monoisotopic (exact) mass is 225 g/mol. The summed E-state index contributed by atoms with van der Waals surface area (Å²) in [6.45, 7) is 10.3. The zero-order valence-electron chi connectivity index (χ0n) is 10.2. The van der Waals surface area contributed by atoms with E-state index in [9.17, 15) is 4.79 Å². The first-order valence-corrected chi connectivity index (χ1v) is 6.08. The summed E-state index contributed by atoms with van der Waals surface area (Å²) in [5, 5.41) is 0.978. The average Bonchev–Trinajstić information content (AvgIpc) is 2.40. The van der Waals surface area contributed by atoms with Crippen LogP contribution in [0.5, 0.6) is 0 Å². The lowest BCUT2D eigenvalue weighted by Gasteiger charge is -2.16. The van der Waals surface area contributed by atoms with E-state index in [2.05, 4.69) is 25.8 Å². The summed E-state index contributed by atoms with van der Waals surface area (Å²) in [6, 6.07) is 0. The van der Waals surface area contributed by atoms with Gasteiger partial charge >= 0.3 is 0 Å². The van der Waals surface area contributed by atoms with Crippen molar-refractivity contribution in [2.75, 3.05) is 0 Å². The van der Waals surface area contributed by atoms with Crippen molar-refractivity contribution >= 4 is 17.1 Å². The summed E-state index contributed by atoms with van der Waals surface area (Å²) < 4.78 is 0. The standard InChI is InChI=1S/C12H19NOS/c1-8-11(15-9(2)13-8)10(14)6-7-12(3,4)5/h6-7H2,1-5H3.